The van der Waals surface area contributed by atoms with Crippen molar-refractivity contribution in [2.24, 2.45) is 4.99 Å². The van der Waals surface area contributed by atoms with E-state index in [9.17, 15) is 26.7 Å². The van der Waals surface area contributed by atoms with Crippen molar-refractivity contribution in [2.45, 2.75) is 36.9 Å². The highest BCUT2D eigenvalue weighted by Gasteiger charge is 2.63. The second kappa shape index (κ2) is 3.02. The topological polar surface area (TPSA) is 29.4 Å². The monoisotopic (exact) mass is 215 g/mol. The van der Waals surface area contributed by atoms with Crippen LogP contribution in [0, 0.1) is 0 Å². The first-order valence-corrected chi connectivity index (χ1v) is 3.76. The van der Waals surface area contributed by atoms with Gasteiger partial charge in [0.1, 0.15) is 0 Å². The summed E-state index contributed by atoms with van der Waals surface area (Å²) in [5.74, 6) is -4.79. The lowest BCUT2D eigenvalue weighted by Crippen LogP contribution is -2.39. The van der Waals surface area contributed by atoms with Crippen molar-refractivity contribution in [1.82, 2.24) is 0 Å². The Hall–Kier alpha value is -0.970. The fraction of sp³-hybridized carbons (Fsp3) is 0.857. The van der Waals surface area contributed by atoms with Crippen LogP contribution in [0.2, 0.25) is 0 Å². The zero-order valence-corrected chi connectivity index (χ0v) is 6.87. The first kappa shape index (κ1) is 11.1. The molecule has 0 aromatic rings. The maximum Gasteiger partial charge on any atom is 0.453 e. The van der Waals surface area contributed by atoms with E-state index in [1.807, 2.05) is 0 Å². The lowest BCUT2D eigenvalue weighted by molar-refractivity contribution is -0.286. The molecule has 1 aliphatic rings. The van der Waals surface area contributed by atoms with Crippen LogP contribution in [0.3, 0.4) is 0 Å². The molecule has 0 aromatic heterocycles. The van der Waals surface area contributed by atoms with Crippen LogP contribution in [0.15, 0.2) is 4.99 Å². The Morgan fingerprint density at radius 2 is 1.71 bits per heavy atom. The molecule has 14 heavy (non-hydrogen) atoms. The fourth-order valence-corrected chi connectivity index (χ4v) is 1.08. The summed E-state index contributed by atoms with van der Waals surface area (Å²) in [6, 6.07) is 0. The molecule has 1 aliphatic carbocycles. The number of carbonyl (C=O) groups excluding carboxylic acids is 1. The van der Waals surface area contributed by atoms with Crippen molar-refractivity contribution in [3.8, 4) is 0 Å². The highest BCUT2D eigenvalue weighted by molar-refractivity contribution is 5.36. The van der Waals surface area contributed by atoms with E-state index in [0.717, 1.165) is 6.08 Å². The van der Waals surface area contributed by atoms with Gasteiger partial charge in [-0.3, -0.25) is 0 Å². The highest BCUT2D eigenvalue weighted by Crippen LogP contribution is 2.51. The van der Waals surface area contributed by atoms with Crippen molar-refractivity contribution >= 4 is 6.08 Å². The average Bonchev–Trinajstić information content (AvgIpc) is 2.65. The van der Waals surface area contributed by atoms with Gasteiger partial charge in [0, 0.05) is 6.42 Å². The maximum atomic E-state index is 12.5. The minimum Gasteiger partial charge on any atom is -0.211 e. The van der Waals surface area contributed by atoms with Gasteiger partial charge in [-0.25, -0.2) is 4.79 Å². The molecule has 1 saturated carbocycles. The standard InChI is InChI=1S/C7H6F5NO/c8-6(9,7(10,11)12)3-5(1-2-5)13-4-14/h1-3H2. The average molecular weight is 215 g/mol. The summed E-state index contributed by atoms with van der Waals surface area (Å²) < 4.78 is 60.2. The molecule has 0 heterocycles. The Morgan fingerprint density at radius 3 is 2.00 bits per heavy atom. The molecule has 2 nitrogen and oxygen atoms in total. The van der Waals surface area contributed by atoms with Crippen molar-refractivity contribution in [3.05, 3.63) is 0 Å². The van der Waals surface area contributed by atoms with E-state index in [0.29, 0.717) is 0 Å². The summed E-state index contributed by atoms with van der Waals surface area (Å²) in [6.45, 7) is 0. The van der Waals surface area contributed by atoms with E-state index in [4.69, 9.17) is 0 Å². The lowest BCUT2D eigenvalue weighted by atomic mass is 10.1. The first-order valence-electron chi connectivity index (χ1n) is 3.76. The molecule has 0 radical (unpaired) electrons. The Balaban J connectivity index is 2.73. The van der Waals surface area contributed by atoms with Gasteiger partial charge in [-0.2, -0.15) is 26.9 Å². The van der Waals surface area contributed by atoms with Crippen LogP contribution in [-0.4, -0.2) is 23.7 Å². The van der Waals surface area contributed by atoms with Crippen molar-refractivity contribution in [2.75, 3.05) is 0 Å². The minimum absolute atomic E-state index is 0.0773. The van der Waals surface area contributed by atoms with Gasteiger partial charge in [-0.15, -0.1) is 0 Å². The summed E-state index contributed by atoms with van der Waals surface area (Å²) in [4.78, 5) is 12.8. The number of hydrogen-bond donors (Lipinski definition) is 0. The van der Waals surface area contributed by atoms with E-state index in [1.165, 1.54) is 0 Å². The summed E-state index contributed by atoms with van der Waals surface area (Å²) in [5.41, 5.74) is -1.53. The van der Waals surface area contributed by atoms with E-state index in [2.05, 4.69) is 4.99 Å². The molecule has 0 aromatic carbocycles. The molecule has 0 spiro atoms. The second-order valence-corrected chi connectivity index (χ2v) is 3.31. The number of hydrogen-bond acceptors (Lipinski definition) is 2. The molecule has 0 amide bonds. The Morgan fingerprint density at radius 1 is 1.21 bits per heavy atom. The maximum absolute atomic E-state index is 12.5. The van der Waals surface area contributed by atoms with Gasteiger partial charge in [0.15, 0.2) is 0 Å². The molecule has 0 N–H and O–H groups in total. The normalized spacial score (nSPS) is 20.1. The van der Waals surface area contributed by atoms with Crippen LogP contribution in [0.1, 0.15) is 19.3 Å². The zero-order chi connectivity index (χ0) is 11.0. The fourth-order valence-electron chi connectivity index (χ4n) is 1.08. The number of rotatable bonds is 3. The number of isocyanates is 1. The third-order valence-corrected chi connectivity index (χ3v) is 2.08. The zero-order valence-electron chi connectivity index (χ0n) is 6.87. The summed E-state index contributed by atoms with van der Waals surface area (Å²) in [5, 5.41) is 0. The van der Waals surface area contributed by atoms with Gasteiger partial charge in [-0.05, 0) is 12.8 Å². The molecule has 0 aliphatic heterocycles. The number of nitrogens with zero attached hydrogens (tertiary/aromatic N) is 1. The molecule has 0 saturated heterocycles. The Kier molecular flexibility index (Phi) is 2.39. The molecular weight excluding hydrogens is 209 g/mol. The van der Waals surface area contributed by atoms with Crippen LogP contribution in [0.25, 0.3) is 0 Å². The lowest BCUT2D eigenvalue weighted by Gasteiger charge is -2.21. The predicted molar refractivity (Wildman–Crippen MR) is 35.7 cm³/mol. The van der Waals surface area contributed by atoms with Crippen LogP contribution in [0.5, 0.6) is 0 Å². The molecule has 0 unspecified atom stereocenters. The van der Waals surface area contributed by atoms with Crippen molar-refractivity contribution in [3.63, 3.8) is 0 Å². The van der Waals surface area contributed by atoms with Crippen molar-refractivity contribution < 1.29 is 26.7 Å². The van der Waals surface area contributed by atoms with E-state index in [-0.39, 0.29) is 12.8 Å². The number of alkyl halides is 5. The molecule has 7 heteroatoms. The first-order chi connectivity index (χ1) is 6.22. The smallest absolute Gasteiger partial charge is 0.211 e. The highest BCUT2D eigenvalue weighted by atomic mass is 19.4. The predicted octanol–water partition coefficient (Wildman–Crippen LogP) is 2.44. The van der Waals surface area contributed by atoms with Crippen molar-refractivity contribution in [1.29, 1.82) is 0 Å². The quantitative estimate of drug-likeness (QED) is 0.404. The van der Waals surface area contributed by atoms with Crippen LogP contribution in [-0.2, 0) is 4.79 Å². The molecule has 1 rings (SSSR count). The SMILES string of the molecule is O=C=NC1(CC(F)(F)C(F)(F)F)CC1. The van der Waals surface area contributed by atoms with Gasteiger partial charge < -0.3 is 0 Å². The third-order valence-electron chi connectivity index (χ3n) is 2.08. The van der Waals surface area contributed by atoms with E-state index < -0.39 is 24.1 Å². The minimum atomic E-state index is -5.58. The molecule has 0 atom stereocenters. The molecule has 0 bridgehead atoms. The van der Waals surface area contributed by atoms with Gasteiger partial charge in [0.2, 0.25) is 6.08 Å². The van der Waals surface area contributed by atoms with Gasteiger partial charge in [0.05, 0.1) is 5.54 Å². The number of aliphatic imine (C=N–C) groups is 1. The Bertz CT molecular complexity index is 274. The third kappa shape index (κ3) is 2.09. The summed E-state index contributed by atoms with van der Waals surface area (Å²) in [7, 11) is 0. The summed E-state index contributed by atoms with van der Waals surface area (Å²) >= 11 is 0. The van der Waals surface area contributed by atoms with E-state index >= 15 is 0 Å². The Labute approximate surface area is 75.8 Å². The van der Waals surface area contributed by atoms with Gasteiger partial charge >= 0.3 is 12.1 Å². The molecule has 80 valence electrons. The van der Waals surface area contributed by atoms with Crippen LogP contribution >= 0.6 is 0 Å². The van der Waals surface area contributed by atoms with Crippen LogP contribution < -0.4 is 0 Å². The van der Waals surface area contributed by atoms with Gasteiger partial charge in [-0.1, -0.05) is 0 Å². The second-order valence-electron chi connectivity index (χ2n) is 3.31. The largest absolute Gasteiger partial charge is 0.453 e. The van der Waals surface area contributed by atoms with Gasteiger partial charge in [0.25, 0.3) is 0 Å². The molecule has 1 fully saturated rings. The van der Waals surface area contributed by atoms with Crippen LogP contribution in [0.4, 0.5) is 22.0 Å². The summed E-state index contributed by atoms with van der Waals surface area (Å²) in [6.07, 6.45) is -5.87. The number of halogens is 5. The van der Waals surface area contributed by atoms with E-state index in [1.54, 1.807) is 0 Å². The molecular formula is C7H6F5NO.